The minimum atomic E-state index is -0.0938. The molecule has 0 aromatic heterocycles. The van der Waals surface area contributed by atoms with Gasteiger partial charge in [-0.2, -0.15) is 0 Å². The first-order valence-electron chi connectivity index (χ1n) is 5.34. The average Bonchev–Trinajstić information content (AvgIpc) is 2.26. The van der Waals surface area contributed by atoms with Crippen molar-refractivity contribution in [1.82, 2.24) is 0 Å². The number of aryl methyl sites for hydroxylation is 1. The van der Waals surface area contributed by atoms with E-state index in [1.807, 2.05) is 12.1 Å². The molecule has 0 saturated heterocycles. The maximum absolute atomic E-state index is 6.28. The monoisotopic (exact) mass is 353 g/mol. The van der Waals surface area contributed by atoms with Gasteiger partial charge in [0.1, 0.15) is 0 Å². The summed E-state index contributed by atoms with van der Waals surface area (Å²) >= 11 is 6.97. The Kier molecular flexibility index (Phi) is 4.02. The van der Waals surface area contributed by atoms with Crippen LogP contribution in [0.2, 0.25) is 0 Å². The highest BCUT2D eigenvalue weighted by molar-refractivity contribution is 9.11. The summed E-state index contributed by atoms with van der Waals surface area (Å²) in [5, 5.41) is 0. The molecule has 0 heterocycles. The van der Waals surface area contributed by atoms with Crippen LogP contribution in [-0.4, -0.2) is 0 Å². The lowest BCUT2D eigenvalue weighted by molar-refractivity contribution is 0.868. The zero-order valence-corrected chi connectivity index (χ0v) is 12.6. The average molecular weight is 355 g/mol. The molecule has 88 valence electrons. The Bertz CT molecular complexity index is 517. The van der Waals surface area contributed by atoms with E-state index in [-0.39, 0.29) is 6.04 Å². The molecule has 2 aromatic rings. The Labute approximate surface area is 118 Å². The summed E-state index contributed by atoms with van der Waals surface area (Å²) in [5.74, 6) is 0. The molecule has 0 aliphatic rings. The summed E-state index contributed by atoms with van der Waals surface area (Å²) in [4.78, 5) is 0. The minimum Gasteiger partial charge on any atom is -0.320 e. The van der Waals surface area contributed by atoms with Crippen LogP contribution in [-0.2, 0) is 0 Å². The van der Waals surface area contributed by atoms with Crippen molar-refractivity contribution in [3.63, 3.8) is 0 Å². The quantitative estimate of drug-likeness (QED) is 0.839. The zero-order chi connectivity index (χ0) is 12.4. The molecule has 0 aliphatic heterocycles. The van der Waals surface area contributed by atoms with E-state index in [1.165, 1.54) is 5.56 Å². The Morgan fingerprint density at radius 1 is 0.941 bits per heavy atom. The molecule has 2 rings (SSSR count). The Morgan fingerprint density at radius 2 is 1.59 bits per heavy atom. The van der Waals surface area contributed by atoms with E-state index in [2.05, 4.69) is 69.1 Å². The van der Waals surface area contributed by atoms with Gasteiger partial charge in [0.25, 0.3) is 0 Å². The van der Waals surface area contributed by atoms with Gasteiger partial charge >= 0.3 is 0 Å². The molecular formula is C14H13Br2N. The lowest BCUT2D eigenvalue weighted by Gasteiger charge is -2.14. The molecule has 1 atom stereocenters. The lowest BCUT2D eigenvalue weighted by atomic mass is 9.98. The molecule has 17 heavy (non-hydrogen) atoms. The molecule has 0 radical (unpaired) electrons. The molecule has 2 N–H and O–H groups in total. The SMILES string of the molecule is Cc1cccc(C(N)c2cc(Br)cc(Br)c2)c1. The predicted octanol–water partition coefficient (Wildman–Crippen LogP) is 4.57. The Balaban J connectivity index is 2.39. The molecule has 0 fully saturated rings. The van der Waals surface area contributed by atoms with E-state index in [4.69, 9.17) is 5.73 Å². The molecule has 0 amide bonds. The largest absolute Gasteiger partial charge is 0.320 e. The molecule has 0 bridgehead atoms. The third-order valence-electron chi connectivity index (χ3n) is 2.65. The van der Waals surface area contributed by atoms with E-state index >= 15 is 0 Å². The van der Waals surface area contributed by atoms with Crippen molar-refractivity contribution in [1.29, 1.82) is 0 Å². The Morgan fingerprint density at radius 3 is 2.18 bits per heavy atom. The van der Waals surface area contributed by atoms with Crippen LogP contribution in [0.4, 0.5) is 0 Å². The molecule has 0 spiro atoms. The van der Waals surface area contributed by atoms with Gasteiger partial charge in [0.05, 0.1) is 6.04 Å². The van der Waals surface area contributed by atoms with Crippen molar-refractivity contribution in [3.05, 3.63) is 68.1 Å². The number of halogens is 2. The summed E-state index contributed by atoms with van der Waals surface area (Å²) < 4.78 is 2.06. The smallest absolute Gasteiger partial charge is 0.0552 e. The van der Waals surface area contributed by atoms with Gasteiger partial charge in [0.15, 0.2) is 0 Å². The Hall–Kier alpha value is -0.640. The zero-order valence-electron chi connectivity index (χ0n) is 9.45. The first kappa shape index (κ1) is 12.8. The molecule has 1 unspecified atom stereocenters. The van der Waals surface area contributed by atoms with E-state index in [1.54, 1.807) is 0 Å². The lowest BCUT2D eigenvalue weighted by Crippen LogP contribution is -2.11. The molecule has 3 heteroatoms. The molecule has 1 nitrogen and oxygen atoms in total. The topological polar surface area (TPSA) is 26.0 Å². The number of rotatable bonds is 2. The summed E-state index contributed by atoms with van der Waals surface area (Å²) in [5.41, 5.74) is 9.74. The molecule has 0 saturated carbocycles. The van der Waals surface area contributed by atoms with Crippen LogP contribution in [0.5, 0.6) is 0 Å². The second-order valence-electron chi connectivity index (χ2n) is 4.09. The van der Waals surface area contributed by atoms with E-state index in [0.717, 1.165) is 20.1 Å². The van der Waals surface area contributed by atoms with Crippen molar-refractivity contribution >= 4 is 31.9 Å². The van der Waals surface area contributed by atoms with E-state index < -0.39 is 0 Å². The second-order valence-corrected chi connectivity index (χ2v) is 5.93. The van der Waals surface area contributed by atoms with Gasteiger partial charge in [-0.05, 0) is 36.2 Å². The van der Waals surface area contributed by atoms with Crippen LogP contribution in [0.1, 0.15) is 22.7 Å². The van der Waals surface area contributed by atoms with Gasteiger partial charge in [-0.3, -0.25) is 0 Å². The number of hydrogen-bond donors (Lipinski definition) is 1. The second kappa shape index (κ2) is 5.34. The van der Waals surface area contributed by atoms with Gasteiger partial charge in [0, 0.05) is 8.95 Å². The highest BCUT2D eigenvalue weighted by Gasteiger charge is 2.10. The van der Waals surface area contributed by atoms with Crippen molar-refractivity contribution in [3.8, 4) is 0 Å². The van der Waals surface area contributed by atoms with Crippen molar-refractivity contribution in [2.24, 2.45) is 5.73 Å². The standard InChI is InChI=1S/C14H13Br2N/c1-9-3-2-4-10(5-9)14(17)11-6-12(15)8-13(16)7-11/h2-8,14H,17H2,1H3. The molecule has 0 aliphatic carbocycles. The van der Waals surface area contributed by atoms with Crippen LogP contribution < -0.4 is 5.73 Å². The van der Waals surface area contributed by atoms with E-state index in [0.29, 0.717) is 0 Å². The third-order valence-corrected chi connectivity index (χ3v) is 3.56. The fraction of sp³-hybridized carbons (Fsp3) is 0.143. The van der Waals surface area contributed by atoms with Gasteiger partial charge < -0.3 is 5.73 Å². The van der Waals surface area contributed by atoms with Gasteiger partial charge in [0.2, 0.25) is 0 Å². The molecular weight excluding hydrogens is 342 g/mol. The van der Waals surface area contributed by atoms with Crippen LogP contribution in [0.3, 0.4) is 0 Å². The first-order valence-corrected chi connectivity index (χ1v) is 6.93. The molecule has 2 aromatic carbocycles. The van der Waals surface area contributed by atoms with Crippen LogP contribution in [0, 0.1) is 6.92 Å². The van der Waals surface area contributed by atoms with Crippen LogP contribution >= 0.6 is 31.9 Å². The number of nitrogens with two attached hydrogens (primary N) is 1. The number of benzene rings is 2. The normalized spacial score (nSPS) is 12.5. The highest BCUT2D eigenvalue weighted by atomic mass is 79.9. The maximum atomic E-state index is 6.28. The van der Waals surface area contributed by atoms with Gasteiger partial charge in [-0.15, -0.1) is 0 Å². The number of hydrogen-bond acceptors (Lipinski definition) is 1. The van der Waals surface area contributed by atoms with Crippen molar-refractivity contribution in [2.45, 2.75) is 13.0 Å². The van der Waals surface area contributed by atoms with Crippen molar-refractivity contribution < 1.29 is 0 Å². The predicted molar refractivity (Wildman–Crippen MR) is 79.1 cm³/mol. The summed E-state index contributed by atoms with van der Waals surface area (Å²) in [7, 11) is 0. The first-order chi connectivity index (χ1) is 8.06. The van der Waals surface area contributed by atoms with Crippen LogP contribution in [0.25, 0.3) is 0 Å². The fourth-order valence-electron chi connectivity index (χ4n) is 1.81. The minimum absolute atomic E-state index is 0.0938. The third kappa shape index (κ3) is 3.18. The van der Waals surface area contributed by atoms with Gasteiger partial charge in [-0.1, -0.05) is 61.7 Å². The fourth-order valence-corrected chi connectivity index (χ4v) is 3.14. The maximum Gasteiger partial charge on any atom is 0.0552 e. The van der Waals surface area contributed by atoms with Gasteiger partial charge in [-0.25, -0.2) is 0 Å². The highest BCUT2D eigenvalue weighted by Crippen LogP contribution is 2.27. The van der Waals surface area contributed by atoms with E-state index in [9.17, 15) is 0 Å². The summed E-state index contributed by atoms with van der Waals surface area (Å²) in [6, 6.07) is 14.3. The summed E-state index contributed by atoms with van der Waals surface area (Å²) in [6.45, 7) is 2.08. The van der Waals surface area contributed by atoms with Crippen molar-refractivity contribution in [2.75, 3.05) is 0 Å². The van der Waals surface area contributed by atoms with Crippen LogP contribution in [0.15, 0.2) is 51.4 Å². The summed E-state index contributed by atoms with van der Waals surface area (Å²) in [6.07, 6.45) is 0.